The van der Waals surface area contributed by atoms with Gasteiger partial charge in [0.05, 0.1) is 18.7 Å². The van der Waals surface area contributed by atoms with Crippen LogP contribution in [0.5, 0.6) is 0 Å². The zero-order valence-corrected chi connectivity index (χ0v) is 24.0. The lowest BCUT2D eigenvalue weighted by Crippen LogP contribution is -2.53. The lowest BCUT2D eigenvalue weighted by atomic mass is 9.61. The number of nitrogens with one attached hydrogen (secondary N) is 1. The molecule has 8 rings (SSSR count). The highest BCUT2D eigenvalue weighted by Crippen LogP contribution is 2.64. The number of carbonyl (C=O) groups excluding carboxylic acids is 1. The zero-order valence-electron chi connectivity index (χ0n) is 21.0. The van der Waals surface area contributed by atoms with E-state index in [1.807, 2.05) is 21.2 Å². The summed E-state index contributed by atoms with van der Waals surface area (Å²) in [5.41, 5.74) is -0.0414. The van der Waals surface area contributed by atoms with E-state index in [1.54, 1.807) is 17.1 Å². The molecule has 40 heavy (non-hydrogen) atoms. The molecule has 4 aromatic rings. The third-order valence-corrected chi connectivity index (χ3v) is 10.4. The number of esters is 1. The number of hydrogen-bond donors (Lipinski definition) is 1. The first-order valence-corrected chi connectivity index (χ1v) is 16.4. The summed E-state index contributed by atoms with van der Waals surface area (Å²) in [6, 6.07) is 3.24. The standard InChI is InChI=1S/C26H23F4IN6O2S/c1-2-39-25(38)20-12-3-4-13(15-8-14(12)15)21(20)33-23-18-5-6-19(26(28,29)30)37(18)35-22(34-23)17-10-36(40-31)24-16(17)7-11(27)9-32-24/h5-7,9-10,12-15,20-21H,2-4,8H2,1H3,(H,33,34,35)/t12-,13+,14?,15?,20-,21-/m0/s1. The Morgan fingerprint density at radius 1 is 1.23 bits per heavy atom. The maximum absolute atomic E-state index is 14.2. The molecule has 2 unspecified atom stereocenters. The molecule has 0 radical (unpaired) electrons. The van der Waals surface area contributed by atoms with Crippen LogP contribution in [0.15, 0.2) is 30.6 Å². The molecule has 14 heteroatoms. The summed E-state index contributed by atoms with van der Waals surface area (Å²) >= 11 is 2.04. The van der Waals surface area contributed by atoms with Crippen molar-refractivity contribution in [2.45, 2.75) is 38.4 Å². The molecule has 4 saturated carbocycles. The summed E-state index contributed by atoms with van der Waals surface area (Å²) in [7, 11) is 1.28. The Bertz CT molecular complexity index is 1660. The average molecular weight is 686 g/mol. The fourth-order valence-corrected chi connectivity index (χ4v) is 8.34. The van der Waals surface area contributed by atoms with Gasteiger partial charge in [0.2, 0.25) is 0 Å². The quantitative estimate of drug-likeness (QED) is 0.143. The van der Waals surface area contributed by atoms with E-state index in [0.717, 1.165) is 36.0 Å². The van der Waals surface area contributed by atoms with Crippen LogP contribution in [0.1, 0.15) is 31.9 Å². The van der Waals surface area contributed by atoms with Gasteiger partial charge in [-0.3, -0.25) is 8.77 Å². The van der Waals surface area contributed by atoms with E-state index in [-0.39, 0.29) is 47.6 Å². The van der Waals surface area contributed by atoms with Gasteiger partial charge in [0.25, 0.3) is 0 Å². The largest absolute Gasteiger partial charge is 0.466 e. The Morgan fingerprint density at radius 3 is 2.75 bits per heavy atom. The highest BCUT2D eigenvalue weighted by atomic mass is 127. The average Bonchev–Trinajstić information content (AvgIpc) is 3.50. The lowest BCUT2D eigenvalue weighted by molar-refractivity contribution is -0.155. The second kappa shape index (κ2) is 9.46. The fourth-order valence-electron chi connectivity index (χ4n) is 7.09. The summed E-state index contributed by atoms with van der Waals surface area (Å²) in [5.74, 6) is 0.253. The molecule has 210 valence electrons. The minimum Gasteiger partial charge on any atom is -0.466 e. The second-order valence-electron chi connectivity index (χ2n) is 10.7. The fraction of sp³-hybridized carbons (Fsp3) is 0.462. The van der Waals surface area contributed by atoms with Crippen molar-refractivity contribution in [2.24, 2.45) is 29.6 Å². The number of fused-ring (bicyclic) bond motifs is 4. The van der Waals surface area contributed by atoms with Crippen LogP contribution < -0.4 is 5.32 Å². The van der Waals surface area contributed by atoms with E-state index in [2.05, 4.69) is 15.4 Å². The van der Waals surface area contributed by atoms with Crippen molar-refractivity contribution < 1.29 is 27.1 Å². The van der Waals surface area contributed by atoms with E-state index >= 15 is 0 Å². The smallest absolute Gasteiger partial charge is 0.433 e. The molecule has 0 spiro atoms. The van der Waals surface area contributed by atoms with E-state index in [0.29, 0.717) is 28.4 Å². The van der Waals surface area contributed by atoms with E-state index in [4.69, 9.17) is 9.72 Å². The summed E-state index contributed by atoms with van der Waals surface area (Å²) in [5, 5.41) is 8.07. The monoisotopic (exact) mass is 686 g/mol. The predicted molar refractivity (Wildman–Crippen MR) is 149 cm³/mol. The maximum Gasteiger partial charge on any atom is 0.433 e. The minimum absolute atomic E-state index is 0.0174. The number of halogens is 5. The molecule has 4 aromatic heterocycles. The number of nitrogens with zero attached hydrogens (tertiary/aromatic N) is 5. The molecule has 4 heterocycles. The van der Waals surface area contributed by atoms with Crippen LogP contribution >= 0.6 is 30.3 Å². The van der Waals surface area contributed by atoms with Gasteiger partial charge in [-0.1, -0.05) is 0 Å². The number of anilines is 1. The summed E-state index contributed by atoms with van der Waals surface area (Å²) in [4.78, 5) is 22.0. The molecule has 0 aliphatic heterocycles. The molecule has 4 fully saturated rings. The summed E-state index contributed by atoms with van der Waals surface area (Å²) < 4.78 is 64.3. The number of pyridine rings is 1. The van der Waals surface area contributed by atoms with E-state index < -0.39 is 23.6 Å². The second-order valence-corrected chi connectivity index (χ2v) is 12.4. The van der Waals surface area contributed by atoms with Crippen molar-refractivity contribution in [1.82, 2.24) is 23.6 Å². The van der Waals surface area contributed by atoms with Crippen LogP contribution in [0.4, 0.5) is 23.4 Å². The van der Waals surface area contributed by atoms with Gasteiger partial charge in [-0.25, -0.2) is 18.9 Å². The molecule has 8 nitrogen and oxygen atoms in total. The normalized spacial score (nSPS) is 27.2. The van der Waals surface area contributed by atoms with Crippen molar-refractivity contribution in [3.05, 3.63) is 42.1 Å². The molecule has 0 amide bonds. The molecule has 4 aliphatic carbocycles. The molecule has 1 N–H and O–H groups in total. The van der Waals surface area contributed by atoms with Crippen molar-refractivity contribution in [2.75, 3.05) is 11.9 Å². The number of alkyl halides is 3. The van der Waals surface area contributed by atoms with Crippen LogP contribution in [0, 0.1) is 35.4 Å². The van der Waals surface area contributed by atoms with Gasteiger partial charge in [0, 0.05) is 53.5 Å². The first-order chi connectivity index (χ1) is 19.2. The van der Waals surface area contributed by atoms with Gasteiger partial charge in [0.1, 0.15) is 17.0 Å². The van der Waals surface area contributed by atoms with Gasteiger partial charge in [-0.15, -0.1) is 5.10 Å². The Hall–Kier alpha value is -2.62. The van der Waals surface area contributed by atoms with Crippen molar-refractivity contribution in [1.29, 1.82) is 0 Å². The predicted octanol–water partition coefficient (Wildman–Crippen LogP) is 6.39. The third-order valence-electron chi connectivity index (χ3n) is 8.69. The molecule has 0 aromatic carbocycles. The highest BCUT2D eigenvalue weighted by Gasteiger charge is 2.63. The molecule has 6 atom stereocenters. The number of carbonyl (C=O) groups is 1. The Balaban J connectivity index is 1.40. The topological polar surface area (TPSA) is 86.3 Å². The van der Waals surface area contributed by atoms with Crippen molar-refractivity contribution in [3.8, 4) is 11.4 Å². The number of hydrogen-bond acceptors (Lipinski definition) is 7. The lowest BCUT2D eigenvalue weighted by Gasteiger charge is -2.47. The van der Waals surface area contributed by atoms with Gasteiger partial charge in [-0.05, 0) is 68.1 Å². The third kappa shape index (κ3) is 4.07. The van der Waals surface area contributed by atoms with Crippen LogP contribution in [0.2, 0.25) is 0 Å². The van der Waals surface area contributed by atoms with Crippen molar-refractivity contribution in [3.63, 3.8) is 0 Å². The van der Waals surface area contributed by atoms with Gasteiger partial charge in [0.15, 0.2) is 17.3 Å². The van der Waals surface area contributed by atoms with Crippen LogP contribution in [-0.4, -0.2) is 42.2 Å². The Morgan fingerprint density at radius 2 is 2.00 bits per heavy atom. The zero-order chi connectivity index (χ0) is 27.9. The molecule has 0 saturated heterocycles. The van der Waals surface area contributed by atoms with E-state index in [9.17, 15) is 22.4 Å². The SMILES string of the molecule is CCOC(=O)[C@@H]1[C@@H](Nc2nc(-c3cn(SI)c4ncc(F)cc34)nn3c(C(F)(F)F)ccc23)[C@@H]2CC[C@H]1C1CC12. The highest BCUT2D eigenvalue weighted by molar-refractivity contribution is 14.2. The maximum atomic E-state index is 14.2. The Labute approximate surface area is 242 Å². The van der Waals surface area contributed by atoms with Gasteiger partial charge >= 0.3 is 12.1 Å². The number of aromatic nitrogens is 5. The van der Waals surface area contributed by atoms with Crippen LogP contribution in [0.3, 0.4) is 0 Å². The summed E-state index contributed by atoms with van der Waals surface area (Å²) in [6.07, 6.45) is 0.978. The minimum atomic E-state index is -4.67. The number of rotatable bonds is 6. The van der Waals surface area contributed by atoms with E-state index in [1.165, 1.54) is 21.3 Å². The molecular weight excluding hydrogens is 663 g/mol. The van der Waals surface area contributed by atoms with Crippen molar-refractivity contribution >= 4 is 58.7 Å². The Kier molecular flexibility index (Phi) is 6.22. The molecule has 4 aliphatic rings. The summed E-state index contributed by atoms with van der Waals surface area (Å²) in [6.45, 7) is 2.02. The van der Waals surface area contributed by atoms with Gasteiger partial charge < -0.3 is 10.1 Å². The molecular formula is C26H23F4IN6O2S. The van der Waals surface area contributed by atoms with Crippen LogP contribution in [0.25, 0.3) is 27.9 Å². The van der Waals surface area contributed by atoms with Gasteiger partial charge in [-0.2, -0.15) is 13.2 Å². The number of ether oxygens (including phenoxy) is 1. The first-order valence-electron chi connectivity index (χ1n) is 13.1. The molecule has 2 bridgehead atoms. The van der Waals surface area contributed by atoms with Crippen LogP contribution in [-0.2, 0) is 15.7 Å². The first kappa shape index (κ1) is 26.3.